The summed E-state index contributed by atoms with van der Waals surface area (Å²) in [4.78, 5) is 24.3. The molecule has 0 radical (unpaired) electrons. The number of nitrogens with zero attached hydrogens (tertiary/aromatic N) is 3. The Kier molecular flexibility index (Phi) is 4.58. The lowest BCUT2D eigenvalue weighted by atomic mass is 9.93. The van der Waals surface area contributed by atoms with E-state index in [4.69, 9.17) is 4.74 Å². The minimum atomic E-state index is -0.114. The van der Waals surface area contributed by atoms with Gasteiger partial charge in [0.25, 0.3) is 5.91 Å². The van der Waals surface area contributed by atoms with Crippen molar-refractivity contribution in [2.75, 3.05) is 0 Å². The van der Waals surface area contributed by atoms with Gasteiger partial charge in [0.15, 0.2) is 0 Å². The average molecular weight is 298 g/mol. The number of aromatic nitrogens is 3. The monoisotopic (exact) mass is 298 g/mol. The molecule has 1 aliphatic carbocycles. The molecule has 0 spiro atoms. The lowest BCUT2D eigenvalue weighted by Crippen LogP contribution is -2.40. The number of ether oxygens (including phenoxy) is 1. The molecule has 0 atom stereocenters. The van der Waals surface area contributed by atoms with Gasteiger partial charge in [0.05, 0.1) is 0 Å². The van der Waals surface area contributed by atoms with Crippen LogP contribution in [0.1, 0.15) is 36.2 Å². The Morgan fingerprint density at radius 3 is 2.41 bits per heavy atom. The second kappa shape index (κ2) is 6.98. The van der Waals surface area contributed by atoms with Crippen LogP contribution in [0.3, 0.4) is 0 Å². The summed E-state index contributed by atoms with van der Waals surface area (Å²) in [5.41, 5.74) is 0.457. The number of hydrogen-bond donors (Lipinski definition) is 1. The molecule has 1 amide bonds. The van der Waals surface area contributed by atoms with Gasteiger partial charge in [-0.25, -0.2) is 9.97 Å². The summed E-state index contributed by atoms with van der Waals surface area (Å²) in [7, 11) is 0. The predicted molar refractivity (Wildman–Crippen MR) is 80.4 cm³/mol. The predicted octanol–water partition coefficient (Wildman–Crippen LogP) is 1.99. The van der Waals surface area contributed by atoms with Crippen molar-refractivity contribution in [1.29, 1.82) is 0 Å². The van der Waals surface area contributed by atoms with Crippen LogP contribution in [0.4, 0.5) is 0 Å². The van der Waals surface area contributed by atoms with Crippen molar-refractivity contribution in [2.24, 2.45) is 0 Å². The molecule has 1 N–H and O–H groups in total. The molecule has 1 saturated carbocycles. The number of pyridine rings is 1. The van der Waals surface area contributed by atoms with Gasteiger partial charge in [-0.1, -0.05) is 6.07 Å². The summed E-state index contributed by atoms with van der Waals surface area (Å²) in [6, 6.07) is 7.68. The van der Waals surface area contributed by atoms with Crippen LogP contribution in [-0.4, -0.2) is 33.0 Å². The Morgan fingerprint density at radius 2 is 1.73 bits per heavy atom. The maximum atomic E-state index is 12.1. The van der Waals surface area contributed by atoms with Gasteiger partial charge in [-0.15, -0.1) is 0 Å². The highest BCUT2D eigenvalue weighted by atomic mass is 16.5. The number of carbonyl (C=O) groups is 1. The van der Waals surface area contributed by atoms with Gasteiger partial charge in [-0.3, -0.25) is 9.78 Å². The molecular formula is C16H18N4O2. The van der Waals surface area contributed by atoms with E-state index >= 15 is 0 Å². The lowest BCUT2D eigenvalue weighted by Gasteiger charge is -2.28. The highest BCUT2D eigenvalue weighted by Crippen LogP contribution is 2.22. The smallest absolute Gasteiger partial charge is 0.316 e. The topological polar surface area (TPSA) is 77.0 Å². The molecular weight excluding hydrogens is 280 g/mol. The zero-order valence-corrected chi connectivity index (χ0v) is 12.2. The molecule has 0 unspecified atom stereocenters. The molecule has 2 aromatic heterocycles. The van der Waals surface area contributed by atoms with Crippen LogP contribution >= 0.6 is 0 Å². The van der Waals surface area contributed by atoms with Gasteiger partial charge in [-0.2, -0.15) is 0 Å². The maximum Gasteiger partial charge on any atom is 0.316 e. The maximum absolute atomic E-state index is 12.1. The zero-order valence-electron chi connectivity index (χ0n) is 12.2. The summed E-state index contributed by atoms with van der Waals surface area (Å²) < 4.78 is 5.75. The van der Waals surface area contributed by atoms with Crippen LogP contribution in [0.15, 0.2) is 42.9 Å². The highest BCUT2D eigenvalue weighted by molar-refractivity contribution is 5.92. The first-order valence-corrected chi connectivity index (χ1v) is 7.47. The fourth-order valence-corrected chi connectivity index (χ4v) is 2.58. The van der Waals surface area contributed by atoms with Crippen molar-refractivity contribution < 1.29 is 9.53 Å². The van der Waals surface area contributed by atoms with E-state index in [0.717, 1.165) is 25.7 Å². The molecule has 22 heavy (non-hydrogen) atoms. The molecule has 114 valence electrons. The van der Waals surface area contributed by atoms with Crippen molar-refractivity contribution >= 4 is 5.91 Å². The molecule has 0 aromatic carbocycles. The van der Waals surface area contributed by atoms with Crippen molar-refractivity contribution in [3.8, 4) is 6.01 Å². The third-order valence-corrected chi connectivity index (χ3v) is 3.72. The largest absolute Gasteiger partial charge is 0.460 e. The Bertz CT molecular complexity index is 598. The second-order valence-electron chi connectivity index (χ2n) is 5.31. The third-order valence-electron chi connectivity index (χ3n) is 3.72. The Morgan fingerprint density at radius 1 is 1.00 bits per heavy atom. The van der Waals surface area contributed by atoms with E-state index in [0.29, 0.717) is 11.7 Å². The quantitative estimate of drug-likeness (QED) is 0.934. The number of amides is 1. The van der Waals surface area contributed by atoms with Gasteiger partial charge < -0.3 is 10.1 Å². The Labute approximate surface area is 129 Å². The fourth-order valence-electron chi connectivity index (χ4n) is 2.58. The van der Waals surface area contributed by atoms with Gasteiger partial charge in [-0.05, 0) is 43.9 Å². The number of hydrogen-bond acceptors (Lipinski definition) is 5. The second-order valence-corrected chi connectivity index (χ2v) is 5.31. The van der Waals surface area contributed by atoms with Crippen LogP contribution in [-0.2, 0) is 0 Å². The van der Waals surface area contributed by atoms with Crippen LogP contribution in [0.25, 0.3) is 0 Å². The normalized spacial score (nSPS) is 21.1. The van der Waals surface area contributed by atoms with E-state index < -0.39 is 0 Å². The van der Waals surface area contributed by atoms with Crippen molar-refractivity contribution in [2.45, 2.75) is 37.8 Å². The standard InChI is InChI=1S/C16H18N4O2/c21-15(14-4-1-2-9-17-14)20-12-5-7-13(8-6-12)22-16-18-10-3-11-19-16/h1-4,9-13H,5-8H2,(H,20,21). The van der Waals surface area contributed by atoms with Gasteiger partial charge in [0, 0.05) is 24.6 Å². The molecule has 1 fully saturated rings. The summed E-state index contributed by atoms with van der Waals surface area (Å²) >= 11 is 0. The van der Waals surface area contributed by atoms with Gasteiger partial charge >= 0.3 is 6.01 Å². The van der Waals surface area contributed by atoms with Crippen molar-refractivity contribution in [1.82, 2.24) is 20.3 Å². The molecule has 0 bridgehead atoms. The molecule has 0 aliphatic heterocycles. The van der Waals surface area contributed by atoms with E-state index in [1.54, 1.807) is 36.8 Å². The summed E-state index contributed by atoms with van der Waals surface area (Å²) in [5.74, 6) is -0.114. The van der Waals surface area contributed by atoms with E-state index in [9.17, 15) is 4.79 Å². The lowest BCUT2D eigenvalue weighted by molar-refractivity contribution is 0.0880. The molecule has 6 heteroatoms. The average Bonchev–Trinajstić information content (AvgIpc) is 2.58. The molecule has 2 heterocycles. The number of nitrogens with one attached hydrogen (secondary N) is 1. The van der Waals surface area contributed by atoms with Crippen molar-refractivity contribution in [3.63, 3.8) is 0 Å². The highest BCUT2D eigenvalue weighted by Gasteiger charge is 2.24. The minimum absolute atomic E-state index is 0.114. The summed E-state index contributed by atoms with van der Waals surface area (Å²) in [5, 5.41) is 3.03. The Hall–Kier alpha value is -2.50. The van der Waals surface area contributed by atoms with E-state index in [1.165, 1.54) is 0 Å². The SMILES string of the molecule is O=C(NC1CCC(Oc2ncccn2)CC1)c1ccccn1. The first kappa shape index (κ1) is 14.4. The Balaban J connectivity index is 1.47. The van der Waals surface area contributed by atoms with Crippen LogP contribution in [0.2, 0.25) is 0 Å². The van der Waals surface area contributed by atoms with Crippen molar-refractivity contribution in [3.05, 3.63) is 48.5 Å². The van der Waals surface area contributed by atoms with Crippen LogP contribution in [0, 0.1) is 0 Å². The molecule has 1 aliphatic rings. The number of carbonyl (C=O) groups excluding carboxylic acids is 1. The summed E-state index contributed by atoms with van der Waals surface area (Å²) in [6.07, 6.45) is 8.61. The molecule has 6 nitrogen and oxygen atoms in total. The number of rotatable bonds is 4. The summed E-state index contributed by atoms with van der Waals surface area (Å²) in [6.45, 7) is 0. The van der Waals surface area contributed by atoms with Crippen LogP contribution < -0.4 is 10.1 Å². The first-order valence-electron chi connectivity index (χ1n) is 7.47. The fraction of sp³-hybridized carbons (Fsp3) is 0.375. The first-order chi connectivity index (χ1) is 10.8. The van der Waals surface area contributed by atoms with Gasteiger partial charge in [0.2, 0.25) is 0 Å². The third kappa shape index (κ3) is 3.78. The molecule has 3 rings (SSSR count). The molecule has 0 saturated heterocycles. The zero-order chi connectivity index (χ0) is 15.2. The molecule has 2 aromatic rings. The minimum Gasteiger partial charge on any atom is -0.460 e. The van der Waals surface area contributed by atoms with E-state index in [2.05, 4.69) is 20.3 Å². The van der Waals surface area contributed by atoms with Crippen LogP contribution in [0.5, 0.6) is 6.01 Å². The van der Waals surface area contributed by atoms with E-state index in [1.807, 2.05) is 6.07 Å². The van der Waals surface area contributed by atoms with E-state index in [-0.39, 0.29) is 18.1 Å². The van der Waals surface area contributed by atoms with Gasteiger partial charge in [0.1, 0.15) is 11.8 Å².